The van der Waals surface area contributed by atoms with Crippen LogP contribution in [-0.2, 0) is 9.53 Å². The van der Waals surface area contributed by atoms with Gasteiger partial charge in [0.2, 0.25) is 0 Å². The predicted octanol–water partition coefficient (Wildman–Crippen LogP) is 4.61. The molecule has 1 amide bonds. The van der Waals surface area contributed by atoms with Gasteiger partial charge in [0, 0.05) is 5.69 Å². The number of fused-ring (bicyclic) bond motifs is 1. The van der Waals surface area contributed by atoms with Crippen molar-refractivity contribution in [2.24, 2.45) is 0 Å². The van der Waals surface area contributed by atoms with Gasteiger partial charge in [-0.3, -0.25) is 4.79 Å². The van der Waals surface area contributed by atoms with Gasteiger partial charge in [-0.15, -0.1) is 11.3 Å². The summed E-state index contributed by atoms with van der Waals surface area (Å²) in [7, 11) is 0. The maximum atomic E-state index is 12.2. The Labute approximate surface area is 156 Å². The van der Waals surface area contributed by atoms with Crippen molar-refractivity contribution in [3.8, 4) is 0 Å². The Balaban J connectivity index is 1.61. The number of rotatable bonds is 6. The molecule has 0 aliphatic heterocycles. The Morgan fingerprint density at radius 1 is 1.23 bits per heavy atom. The van der Waals surface area contributed by atoms with Gasteiger partial charge >= 0.3 is 5.97 Å². The third-order valence-corrected chi connectivity index (χ3v) is 5.07. The van der Waals surface area contributed by atoms with Gasteiger partial charge in [0.1, 0.15) is 0 Å². The second-order valence-electron chi connectivity index (χ2n) is 6.06. The number of ether oxygens (including phenoxy) is 1. The molecule has 1 atom stereocenters. The van der Waals surface area contributed by atoms with Crippen LogP contribution in [0.5, 0.6) is 0 Å². The van der Waals surface area contributed by atoms with E-state index in [2.05, 4.69) is 24.1 Å². The zero-order valence-electron chi connectivity index (χ0n) is 14.7. The molecule has 5 nitrogen and oxygen atoms in total. The molecule has 1 unspecified atom stereocenters. The number of thiazole rings is 1. The number of hydrogen-bond acceptors (Lipinski definition) is 5. The molecule has 0 radical (unpaired) electrons. The Morgan fingerprint density at radius 2 is 2.04 bits per heavy atom. The van der Waals surface area contributed by atoms with Crippen molar-refractivity contribution in [3.63, 3.8) is 0 Å². The molecule has 0 saturated heterocycles. The van der Waals surface area contributed by atoms with Crippen molar-refractivity contribution in [1.29, 1.82) is 0 Å². The third-order valence-electron chi connectivity index (χ3n) is 4.28. The average molecular weight is 368 g/mol. The van der Waals surface area contributed by atoms with Crippen LogP contribution in [0.3, 0.4) is 0 Å². The van der Waals surface area contributed by atoms with Crippen molar-refractivity contribution >= 4 is 39.1 Å². The summed E-state index contributed by atoms with van der Waals surface area (Å²) in [6.07, 6.45) is 0.974. The number of para-hydroxylation sites is 1. The highest BCUT2D eigenvalue weighted by molar-refractivity contribution is 7.16. The number of hydrogen-bond donors (Lipinski definition) is 1. The van der Waals surface area contributed by atoms with Gasteiger partial charge in [-0.1, -0.05) is 32.0 Å². The highest BCUT2D eigenvalue weighted by Crippen LogP contribution is 2.26. The third kappa shape index (κ3) is 4.08. The summed E-state index contributed by atoms with van der Waals surface area (Å²) >= 11 is 1.45. The lowest BCUT2D eigenvalue weighted by Crippen LogP contribution is -2.21. The number of esters is 1. The van der Waals surface area contributed by atoms with Crippen LogP contribution >= 0.6 is 11.3 Å². The Morgan fingerprint density at radius 3 is 2.85 bits per heavy atom. The molecule has 0 spiro atoms. The van der Waals surface area contributed by atoms with Crippen LogP contribution in [0.2, 0.25) is 0 Å². The van der Waals surface area contributed by atoms with E-state index in [1.165, 1.54) is 11.3 Å². The van der Waals surface area contributed by atoms with Crippen LogP contribution in [0.25, 0.3) is 10.2 Å². The molecule has 0 saturated carbocycles. The number of carbonyl (C=O) groups excluding carboxylic acids is 2. The zero-order valence-corrected chi connectivity index (χ0v) is 15.5. The molecule has 6 heteroatoms. The van der Waals surface area contributed by atoms with Gasteiger partial charge in [-0.05, 0) is 42.2 Å². The summed E-state index contributed by atoms with van der Waals surface area (Å²) < 4.78 is 6.06. The summed E-state index contributed by atoms with van der Waals surface area (Å²) in [5, 5.41) is 2.83. The Kier molecular flexibility index (Phi) is 5.63. The second-order valence-corrected chi connectivity index (χ2v) is 6.94. The van der Waals surface area contributed by atoms with E-state index in [0.717, 1.165) is 27.9 Å². The molecule has 0 bridgehead atoms. The van der Waals surface area contributed by atoms with Gasteiger partial charge in [0.05, 0.1) is 21.3 Å². The fraction of sp³-hybridized carbons (Fsp3) is 0.250. The van der Waals surface area contributed by atoms with E-state index in [-0.39, 0.29) is 12.5 Å². The smallest absolute Gasteiger partial charge is 0.338 e. The average Bonchev–Trinajstić information content (AvgIpc) is 3.13. The lowest BCUT2D eigenvalue weighted by atomic mass is 9.97. The number of benzene rings is 2. The van der Waals surface area contributed by atoms with E-state index in [1.54, 1.807) is 23.7 Å². The number of nitrogens with one attached hydrogen (secondary N) is 1. The fourth-order valence-corrected chi connectivity index (χ4v) is 3.36. The van der Waals surface area contributed by atoms with E-state index < -0.39 is 5.97 Å². The summed E-state index contributed by atoms with van der Waals surface area (Å²) in [4.78, 5) is 28.5. The molecule has 0 fully saturated rings. The van der Waals surface area contributed by atoms with Crippen molar-refractivity contribution in [3.05, 3.63) is 59.1 Å². The largest absolute Gasteiger partial charge is 0.452 e. The fourth-order valence-electron chi connectivity index (χ4n) is 2.64. The van der Waals surface area contributed by atoms with E-state index in [1.807, 2.05) is 24.3 Å². The molecule has 0 aliphatic carbocycles. The number of aromatic nitrogens is 1. The van der Waals surface area contributed by atoms with Crippen molar-refractivity contribution < 1.29 is 14.3 Å². The molecule has 1 N–H and O–H groups in total. The highest BCUT2D eigenvalue weighted by Gasteiger charge is 2.14. The molecule has 134 valence electrons. The molecule has 3 aromatic rings. The Hall–Kier alpha value is -2.73. The van der Waals surface area contributed by atoms with Crippen molar-refractivity contribution in [2.75, 3.05) is 11.9 Å². The first kappa shape index (κ1) is 18.1. The summed E-state index contributed by atoms with van der Waals surface area (Å²) in [5.74, 6) is -0.543. The van der Waals surface area contributed by atoms with E-state index in [0.29, 0.717) is 11.5 Å². The second kappa shape index (κ2) is 8.10. The van der Waals surface area contributed by atoms with Gasteiger partial charge in [0.25, 0.3) is 5.91 Å². The first-order valence-electron chi connectivity index (χ1n) is 8.47. The lowest BCUT2D eigenvalue weighted by molar-refractivity contribution is -0.119. The maximum Gasteiger partial charge on any atom is 0.338 e. The number of amides is 1. The molecule has 1 heterocycles. The van der Waals surface area contributed by atoms with E-state index in [4.69, 9.17) is 4.74 Å². The summed E-state index contributed by atoms with van der Waals surface area (Å²) in [6, 6.07) is 12.8. The highest BCUT2D eigenvalue weighted by atomic mass is 32.1. The lowest BCUT2D eigenvalue weighted by Gasteiger charge is -2.15. The molecular weight excluding hydrogens is 348 g/mol. The van der Waals surface area contributed by atoms with Crippen LogP contribution in [0.1, 0.15) is 42.1 Å². The van der Waals surface area contributed by atoms with Crippen molar-refractivity contribution in [1.82, 2.24) is 4.98 Å². The molecule has 3 rings (SSSR count). The van der Waals surface area contributed by atoms with Crippen LogP contribution < -0.4 is 5.32 Å². The van der Waals surface area contributed by atoms with Crippen LogP contribution in [0, 0.1) is 0 Å². The standard InChI is InChI=1S/C20H20N2O3S/c1-3-13(2)15-6-4-5-7-16(15)22-19(23)11-25-20(24)14-8-9-17-18(10-14)26-12-21-17/h4-10,12-13H,3,11H2,1-2H3,(H,22,23). The Bertz CT molecular complexity index is 935. The molecule has 0 aliphatic rings. The zero-order chi connectivity index (χ0) is 18.5. The molecule has 26 heavy (non-hydrogen) atoms. The van der Waals surface area contributed by atoms with Crippen LogP contribution in [0.15, 0.2) is 48.0 Å². The maximum absolute atomic E-state index is 12.2. The number of anilines is 1. The van der Waals surface area contributed by atoms with E-state index >= 15 is 0 Å². The van der Waals surface area contributed by atoms with Gasteiger partial charge in [0.15, 0.2) is 6.61 Å². The topological polar surface area (TPSA) is 68.3 Å². The number of nitrogens with zero attached hydrogens (tertiary/aromatic N) is 1. The predicted molar refractivity (Wildman–Crippen MR) is 104 cm³/mol. The van der Waals surface area contributed by atoms with Crippen LogP contribution in [0.4, 0.5) is 5.69 Å². The molecule has 1 aromatic heterocycles. The first-order valence-corrected chi connectivity index (χ1v) is 9.35. The minimum absolute atomic E-state index is 0.325. The molecular formula is C20H20N2O3S. The van der Waals surface area contributed by atoms with Crippen molar-refractivity contribution in [2.45, 2.75) is 26.2 Å². The van der Waals surface area contributed by atoms with Gasteiger partial charge < -0.3 is 10.1 Å². The SMILES string of the molecule is CCC(C)c1ccccc1NC(=O)COC(=O)c1ccc2ncsc2c1. The minimum atomic E-state index is -0.523. The van der Waals surface area contributed by atoms with Crippen LogP contribution in [-0.4, -0.2) is 23.5 Å². The minimum Gasteiger partial charge on any atom is -0.452 e. The quantitative estimate of drug-likeness (QED) is 0.645. The van der Waals surface area contributed by atoms with E-state index in [9.17, 15) is 9.59 Å². The first-order chi connectivity index (χ1) is 12.6. The van der Waals surface area contributed by atoms with Gasteiger partial charge in [-0.25, -0.2) is 9.78 Å². The normalized spacial score (nSPS) is 11.9. The molecule has 2 aromatic carbocycles. The summed E-state index contributed by atoms with van der Waals surface area (Å²) in [6.45, 7) is 3.89. The summed E-state index contributed by atoms with van der Waals surface area (Å²) in [5.41, 5.74) is 4.81. The van der Waals surface area contributed by atoms with Gasteiger partial charge in [-0.2, -0.15) is 0 Å². The monoisotopic (exact) mass is 368 g/mol. The number of carbonyl (C=O) groups is 2.